The van der Waals surface area contributed by atoms with Crippen LogP contribution in [-0.4, -0.2) is 9.97 Å². The maximum absolute atomic E-state index is 13.3. The molecule has 0 aliphatic heterocycles. The Bertz CT molecular complexity index is 2040. The van der Waals surface area contributed by atoms with Crippen molar-refractivity contribution in [3.63, 3.8) is 0 Å². The molecule has 0 aliphatic carbocycles. The Morgan fingerprint density at radius 2 is 1.11 bits per heavy atom. The Morgan fingerprint density at radius 3 is 1.66 bits per heavy atom. The van der Waals surface area contributed by atoms with Gasteiger partial charge >= 0.3 is 0 Å². The molecule has 10 heteroatoms. The van der Waals surface area contributed by atoms with E-state index in [0.717, 1.165) is 38.5 Å². The van der Waals surface area contributed by atoms with Gasteiger partial charge in [-0.05, 0) is 89.8 Å². The van der Waals surface area contributed by atoms with Crippen molar-refractivity contribution in [2.24, 2.45) is 0 Å². The molecule has 6 aromatic rings. The summed E-state index contributed by atoms with van der Waals surface area (Å²) in [4.78, 5) is 8.42. The highest BCUT2D eigenvalue weighted by molar-refractivity contribution is 9.10. The van der Waals surface area contributed by atoms with Crippen LogP contribution in [0.15, 0.2) is 102 Å². The number of rotatable bonds is 3. The standard InChI is InChI=1S/C17H10ClFN2.C10H7Cl2N.C7H3BrFN/c18-15-8-13-6-12(2-4-17(13)21-10-15)5-11-1-3-16(19)14(7-11)9-20;11-5-7-1-2-10-8(3-7)4-9(12)6-13-10;8-6-1-2-7(9)5(3-6)4-10/h1-4,6-8,10H,5H2;1-4,6H,5H2;1-3H. The lowest BCUT2D eigenvalue weighted by Gasteiger charge is -2.05. The van der Waals surface area contributed by atoms with E-state index in [0.29, 0.717) is 26.8 Å². The number of alkyl halides is 1. The van der Waals surface area contributed by atoms with Crippen LogP contribution < -0.4 is 0 Å². The summed E-state index contributed by atoms with van der Waals surface area (Å²) in [7, 11) is 0. The molecule has 2 aromatic heterocycles. The number of pyridine rings is 2. The van der Waals surface area contributed by atoms with Gasteiger partial charge in [-0.25, -0.2) is 8.78 Å². The smallest absolute Gasteiger partial charge is 0.141 e. The predicted octanol–water partition coefficient (Wildman–Crippen LogP) is 10.6. The Balaban J connectivity index is 0.000000164. The van der Waals surface area contributed by atoms with Crippen molar-refractivity contribution in [2.45, 2.75) is 12.3 Å². The number of aromatic nitrogens is 2. The van der Waals surface area contributed by atoms with Gasteiger partial charge in [0.2, 0.25) is 0 Å². The molecule has 0 fully saturated rings. The van der Waals surface area contributed by atoms with E-state index in [9.17, 15) is 8.78 Å². The molecule has 0 saturated carbocycles. The average Bonchev–Trinajstić information content (AvgIpc) is 3.03. The summed E-state index contributed by atoms with van der Waals surface area (Å²) in [5.74, 6) is -0.455. The van der Waals surface area contributed by atoms with Crippen molar-refractivity contribution in [2.75, 3.05) is 0 Å². The second kappa shape index (κ2) is 15.6. The number of benzene rings is 4. The van der Waals surface area contributed by atoms with Crippen LogP contribution in [0, 0.1) is 34.3 Å². The third kappa shape index (κ3) is 8.95. The predicted molar refractivity (Wildman–Crippen MR) is 176 cm³/mol. The molecule has 6 rings (SSSR count). The van der Waals surface area contributed by atoms with Crippen LogP contribution in [0.5, 0.6) is 0 Å². The summed E-state index contributed by atoms with van der Waals surface area (Å²) in [5.41, 5.74) is 4.98. The molecule has 44 heavy (non-hydrogen) atoms. The van der Waals surface area contributed by atoms with Gasteiger partial charge in [0.15, 0.2) is 0 Å². The molecule has 4 nitrogen and oxygen atoms in total. The minimum absolute atomic E-state index is 0.0642. The number of hydrogen-bond acceptors (Lipinski definition) is 4. The maximum Gasteiger partial charge on any atom is 0.141 e. The third-order valence-electron chi connectivity index (χ3n) is 6.19. The third-order valence-corrected chi connectivity index (χ3v) is 7.40. The van der Waals surface area contributed by atoms with E-state index < -0.39 is 11.6 Å². The Hall–Kier alpha value is -4.11. The summed E-state index contributed by atoms with van der Waals surface area (Å²) in [6, 6.07) is 28.0. The quantitative estimate of drug-likeness (QED) is 0.172. The van der Waals surface area contributed by atoms with Gasteiger partial charge < -0.3 is 0 Å². The monoisotopic (exact) mass is 706 g/mol. The normalized spacial score (nSPS) is 10.2. The average molecular weight is 709 g/mol. The molecular formula is C34H20BrCl3F2N4. The zero-order chi connectivity index (χ0) is 31.6. The van der Waals surface area contributed by atoms with Crippen LogP contribution >= 0.6 is 50.7 Å². The van der Waals surface area contributed by atoms with Crippen LogP contribution in [0.2, 0.25) is 10.0 Å². The lowest BCUT2D eigenvalue weighted by Crippen LogP contribution is -1.92. The minimum atomic E-state index is -0.490. The molecule has 0 unspecified atom stereocenters. The van der Waals surface area contributed by atoms with Crippen LogP contribution in [0.4, 0.5) is 8.78 Å². The fraction of sp³-hybridized carbons (Fsp3) is 0.0588. The molecule has 0 amide bonds. The minimum Gasteiger partial charge on any atom is -0.255 e. The summed E-state index contributed by atoms with van der Waals surface area (Å²) >= 11 is 20.6. The number of halogens is 6. The van der Waals surface area contributed by atoms with Crippen molar-refractivity contribution in [3.8, 4) is 12.1 Å². The van der Waals surface area contributed by atoms with E-state index in [2.05, 4.69) is 25.9 Å². The highest BCUT2D eigenvalue weighted by Gasteiger charge is 2.05. The van der Waals surface area contributed by atoms with Crippen LogP contribution in [0.1, 0.15) is 27.8 Å². The molecule has 218 valence electrons. The first kappa shape index (κ1) is 32.8. The van der Waals surface area contributed by atoms with Gasteiger partial charge in [-0.15, -0.1) is 11.6 Å². The first-order valence-electron chi connectivity index (χ1n) is 12.9. The summed E-state index contributed by atoms with van der Waals surface area (Å²) in [6.07, 6.45) is 3.88. The van der Waals surface area contributed by atoms with Gasteiger partial charge in [-0.1, -0.05) is 57.3 Å². The highest BCUT2D eigenvalue weighted by Crippen LogP contribution is 2.21. The number of fused-ring (bicyclic) bond motifs is 2. The molecule has 4 aromatic carbocycles. The van der Waals surface area contributed by atoms with Crippen molar-refractivity contribution < 1.29 is 8.78 Å². The summed E-state index contributed by atoms with van der Waals surface area (Å²) < 4.78 is 26.6. The van der Waals surface area contributed by atoms with Crippen LogP contribution in [-0.2, 0) is 12.3 Å². The van der Waals surface area contributed by atoms with E-state index in [1.165, 1.54) is 18.2 Å². The van der Waals surface area contributed by atoms with Gasteiger partial charge in [0.25, 0.3) is 0 Å². The van der Waals surface area contributed by atoms with Gasteiger partial charge in [-0.2, -0.15) is 10.5 Å². The first-order valence-corrected chi connectivity index (χ1v) is 15.0. The molecule has 0 atom stereocenters. The Morgan fingerprint density at radius 1 is 0.636 bits per heavy atom. The van der Waals surface area contributed by atoms with E-state index in [1.807, 2.05) is 54.6 Å². The van der Waals surface area contributed by atoms with Gasteiger partial charge in [0.05, 0.1) is 32.2 Å². The number of nitriles is 2. The number of hydrogen-bond donors (Lipinski definition) is 0. The summed E-state index contributed by atoms with van der Waals surface area (Å²) in [6.45, 7) is 0. The molecule has 2 heterocycles. The molecule has 0 spiro atoms. The van der Waals surface area contributed by atoms with Crippen molar-refractivity contribution in [3.05, 3.63) is 151 Å². The molecule has 0 N–H and O–H groups in total. The molecule has 0 bridgehead atoms. The van der Waals surface area contributed by atoms with Crippen molar-refractivity contribution >= 4 is 72.5 Å². The van der Waals surface area contributed by atoms with E-state index >= 15 is 0 Å². The maximum atomic E-state index is 13.3. The van der Waals surface area contributed by atoms with Crippen molar-refractivity contribution in [1.29, 1.82) is 10.5 Å². The lowest BCUT2D eigenvalue weighted by molar-refractivity contribution is 0.623. The van der Waals surface area contributed by atoms with E-state index in [1.54, 1.807) is 36.7 Å². The van der Waals surface area contributed by atoms with Crippen molar-refractivity contribution in [1.82, 2.24) is 9.97 Å². The Labute approximate surface area is 276 Å². The van der Waals surface area contributed by atoms with Gasteiger partial charge in [0.1, 0.15) is 23.8 Å². The lowest BCUT2D eigenvalue weighted by atomic mass is 10.0. The second-order valence-corrected chi connectivity index (χ2v) is 11.4. The fourth-order valence-electron chi connectivity index (χ4n) is 4.09. The first-order chi connectivity index (χ1) is 21.2. The topological polar surface area (TPSA) is 73.4 Å². The second-order valence-electron chi connectivity index (χ2n) is 9.33. The summed E-state index contributed by atoms with van der Waals surface area (Å²) in [5, 5.41) is 20.4. The van der Waals surface area contributed by atoms with Gasteiger partial charge in [0, 0.05) is 33.5 Å². The molecular weight excluding hydrogens is 689 g/mol. The van der Waals surface area contributed by atoms with E-state index in [4.69, 9.17) is 45.3 Å². The van der Waals surface area contributed by atoms with E-state index in [-0.39, 0.29) is 11.1 Å². The zero-order valence-corrected chi connectivity index (χ0v) is 26.6. The van der Waals surface area contributed by atoms with Crippen LogP contribution in [0.3, 0.4) is 0 Å². The SMILES string of the molecule is ClCc1ccc2ncc(Cl)cc2c1.N#Cc1cc(Br)ccc1F.N#Cc1cc(Cc2ccc3ncc(Cl)cc3c2)ccc1F. The zero-order valence-electron chi connectivity index (χ0n) is 22.7. The fourth-order valence-corrected chi connectivity index (χ4v) is 4.95. The molecule has 0 aliphatic rings. The van der Waals surface area contributed by atoms with Gasteiger partial charge in [-0.3, -0.25) is 9.97 Å². The Kier molecular flexibility index (Phi) is 11.6. The number of nitrogens with zero attached hydrogens (tertiary/aromatic N) is 4. The largest absolute Gasteiger partial charge is 0.255 e. The van der Waals surface area contributed by atoms with Crippen LogP contribution in [0.25, 0.3) is 21.8 Å². The molecule has 0 saturated heterocycles. The molecule has 0 radical (unpaired) electrons. The highest BCUT2D eigenvalue weighted by atomic mass is 79.9.